The van der Waals surface area contributed by atoms with Crippen molar-refractivity contribution in [2.24, 2.45) is 0 Å². The highest BCUT2D eigenvalue weighted by Gasteiger charge is 2.17. The van der Waals surface area contributed by atoms with E-state index in [1.54, 1.807) is 12.1 Å². The molecule has 18 heavy (non-hydrogen) atoms. The van der Waals surface area contributed by atoms with Crippen LogP contribution in [0.25, 0.3) is 10.9 Å². The fraction of sp³-hybridized carbons (Fsp3) is 0.167. The highest BCUT2D eigenvalue weighted by Crippen LogP contribution is 2.35. The van der Waals surface area contributed by atoms with Gasteiger partial charge >= 0.3 is 5.97 Å². The Hall–Kier alpha value is -2.01. The first-order chi connectivity index (χ1) is 8.60. The lowest BCUT2D eigenvalue weighted by atomic mass is 10.1. The molecule has 1 heterocycles. The van der Waals surface area contributed by atoms with Crippen LogP contribution in [0.5, 0.6) is 5.75 Å². The normalized spacial score (nSPS) is 10.4. The number of halogens is 1. The quantitative estimate of drug-likeness (QED) is 0.844. The standard InChI is InChI=1S/C12H11ClN2O3/c1-17-8-4-3-7(13)11-9(8)10(14)6(5-15-11)12(16)18-2/h3-5H,1-2H3,(H2,14,15). The third-order valence-corrected chi connectivity index (χ3v) is 2.90. The lowest BCUT2D eigenvalue weighted by Crippen LogP contribution is -2.07. The van der Waals surface area contributed by atoms with E-state index in [0.717, 1.165) is 0 Å². The van der Waals surface area contributed by atoms with E-state index in [1.165, 1.54) is 20.4 Å². The number of esters is 1. The number of hydrogen-bond donors (Lipinski definition) is 1. The van der Waals surface area contributed by atoms with Gasteiger partial charge < -0.3 is 15.2 Å². The first-order valence-corrected chi connectivity index (χ1v) is 5.47. The maximum absolute atomic E-state index is 11.5. The van der Waals surface area contributed by atoms with Gasteiger partial charge in [0.1, 0.15) is 11.3 Å². The predicted octanol–water partition coefficient (Wildman–Crippen LogP) is 2.27. The largest absolute Gasteiger partial charge is 0.496 e. The number of anilines is 1. The molecule has 0 radical (unpaired) electrons. The van der Waals surface area contributed by atoms with Crippen LogP contribution in [-0.4, -0.2) is 25.2 Å². The summed E-state index contributed by atoms with van der Waals surface area (Å²) in [7, 11) is 2.79. The Balaban J connectivity index is 2.84. The summed E-state index contributed by atoms with van der Waals surface area (Å²) >= 11 is 6.03. The number of hydrogen-bond acceptors (Lipinski definition) is 5. The van der Waals surface area contributed by atoms with Gasteiger partial charge in [0.15, 0.2) is 0 Å². The van der Waals surface area contributed by atoms with Crippen LogP contribution in [-0.2, 0) is 4.74 Å². The molecule has 2 aromatic rings. The van der Waals surface area contributed by atoms with Gasteiger partial charge in [-0.05, 0) is 12.1 Å². The molecule has 0 saturated heterocycles. The van der Waals surface area contributed by atoms with E-state index in [9.17, 15) is 4.79 Å². The molecule has 5 nitrogen and oxygen atoms in total. The van der Waals surface area contributed by atoms with Gasteiger partial charge in [-0.3, -0.25) is 4.98 Å². The molecule has 0 fully saturated rings. The number of rotatable bonds is 2. The van der Waals surface area contributed by atoms with Crippen LogP contribution in [0, 0.1) is 0 Å². The van der Waals surface area contributed by atoms with E-state index in [1.807, 2.05) is 0 Å². The SMILES string of the molecule is COC(=O)c1cnc2c(Cl)ccc(OC)c2c1N. The summed E-state index contributed by atoms with van der Waals surface area (Å²) in [6.07, 6.45) is 1.34. The van der Waals surface area contributed by atoms with E-state index in [-0.39, 0.29) is 11.3 Å². The highest BCUT2D eigenvalue weighted by atomic mass is 35.5. The Morgan fingerprint density at radius 1 is 1.39 bits per heavy atom. The summed E-state index contributed by atoms with van der Waals surface area (Å²) < 4.78 is 9.84. The fourth-order valence-corrected chi connectivity index (χ4v) is 1.92. The Kier molecular flexibility index (Phi) is 3.25. The second kappa shape index (κ2) is 4.70. The number of nitrogens with two attached hydrogens (primary N) is 1. The third-order valence-electron chi connectivity index (χ3n) is 2.60. The lowest BCUT2D eigenvalue weighted by molar-refractivity contribution is 0.0601. The Morgan fingerprint density at radius 3 is 2.72 bits per heavy atom. The Labute approximate surface area is 108 Å². The minimum atomic E-state index is -0.552. The van der Waals surface area contributed by atoms with Crippen molar-refractivity contribution in [2.75, 3.05) is 20.0 Å². The van der Waals surface area contributed by atoms with E-state index in [0.29, 0.717) is 21.7 Å². The molecule has 0 bridgehead atoms. The molecule has 1 aromatic carbocycles. The zero-order chi connectivity index (χ0) is 13.3. The molecule has 6 heteroatoms. The smallest absolute Gasteiger partial charge is 0.341 e. The van der Waals surface area contributed by atoms with Crippen molar-refractivity contribution in [1.29, 1.82) is 0 Å². The molecule has 0 saturated carbocycles. The Morgan fingerprint density at radius 2 is 2.11 bits per heavy atom. The molecule has 2 rings (SSSR count). The van der Waals surface area contributed by atoms with Gasteiger partial charge in [-0.25, -0.2) is 4.79 Å². The first kappa shape index (κ1) is 12.4. The summed E-state index contributed by atoms with van der Waals surface area (Å²) in [6, 6.07) is 3.33. The number of carbonyl (C=O) groups is 1. The number of aromatic nitrogens is 1. The zero-order valence-corrected chi connectivity index (χ0v) is 10.6. The van der Waals surface area contributed by atoms with Gasteiger partial charge in [0.25, 0.3) is 0 Å². The van der Waals surface area contributed by atoms with E-state index < -0.39 is 5.97 Å². The molecule has 0 aliphatic carbocycles. The van der Waals surface area contributed by atoms with Crippen LogP contribution in [0.2, 0.25) is 5.02 Å². The number of carbonyl (C=O) groups excluding carboxylic acids is 1. The maximum atomic E-state index is 11.5. The molecule has 0 aliphatic rings. The predicted molar refractivity (Wildman–Crippen MR) is 69.1 cm³/mol. The first-order valence-electron chi connectivity index (χ1n) is 5.09. The summed E-state index contributed by atoms with van der Waals surface area (Å²) in [5, 5.41) is 0.946. The third kappa shape index (κ3) is 1.82. The number of methoxy groups -OCH3 is 2. The molecular weight excluding hydrogens is 256 g/mol. The van der Waals surface area contributed by atoms with Crippen molar-refractivity contribution in [2.45, 2.75) is 0 Å². The van der Waals surface area contributed by atoms with Crippen molar-refractivity contribution >= 4 is 34.2 Å². The molecular formula is C12H11ClN2O3. The second-order valence-corrected chi connectivity index (χ2v) is 3.96. The van der Waals surface area contributed by atoms with Gasteiger partial charge in [0, 0.05) is 6.20 Å². The molecule has 94 valence electrons. The summed E-state index contributed by atoms with van der Waals surface area (Å²) in [4.78, 5) is 15.7. The van der Waals surface area contributed by atoms with Crippen LogP contribution in [0.4, 0.5) is 5.69 Å². The van der Waals surface area contributed by atoms with E-state index in [4.69, 9.17) is 22.1 Å². The maximum Gasteiger partial charge on any atom is 0.341 e. The topological polar surface area (TPSA) is 74.4 Å². The van der Waals surface area contributed by atoms with Gasteiger partial charge in [0.05, 0.1) is 35.8 Å². The van der Waals surface area contributed by atoms with Crippen molar-refractivity contribution < 1.29 is 14.3 Å². The molecule has 1 aromatic heterocycles. The minimum Gasteiger partial charge on any atom is -0.496 e. The number of ether oxygens (including phenoxy) is 2. The van der Waals surface area contributed by atoms with Gasteiger partial charge in [-0.2, -0.15) is 0 Å². The molecule has 0 spiro atoms. The van der Waals surface area contributed by atoms with Crippen LogP contribution < -0.4 is 10.5 Å². The molecule has 0 amide bonds. The molecule has 0 aliphatic heterocycles. The number of pyridine rings is 1. The van der Waals surface area contributed by atoms with E-state index in [2.05, 4.69) is 9.72 Å². The van der Waals surface area contributed by atoms with Crippen LogP contribution >= 0.6 is 11.6 Å². The zero-order valence-electron chi connectivity index (χ0n) is 9.86. The van der Waals surface area contributed by atoms with Crippen molar-refractivity contribution in [1.82, 2.24) is 4.98 Å². The number of fused-ring (bicyclic) bond motifs is 1. The van der Waals surface area contributed by atoms with Gasteiger partial charge in [-0.15, -0.1) is 0 Å². The van der Waals surface area contributed by atoms with E-state index >= 15 is 0 Å². The summed E-state index contributed by atoms with van der Waals surface area (Å²) in [5.74, 6) is -0.0471. The molecule has 0 unspecified atom stereocenters. The average molecular weight is 267 g/mol. The summed E-state index contributed by atoms with van der Waals surface area (Å²) in [5.41, 5.74) is 6.88. The van der Waals surface area contributed by atoms with Crippen molar-refractivity contribution in [3.63, 3.8) is 0 Å². The monoisotopic (exact) mass is 266 g/mol. The number of nitrogen functional groups attached to an aromatic ring is 1. The average Bonchev–Trinajstić information content (AvgIpc) is 2.39. The highest BCUT2D eigenvalue weighted by molar-refractivity contribution is 6.35. The number of nitrogens with zero attached hydrogens (tertiary/aromatic N) is 1. The van der Waals surface area contributed by atoms with Crippen LogP contribution in [0.3, 0.4) is 0 Å². The Bertz CT molecular complexity index is 628. The van der Waals surface area contributed by atoms with Crippen LogP contribution in [0.1, 0.15) is 10.4 Å². The lowest BCUT2D eigenvalue weighted by Gasteiger charge is -2.11. The molecule has 2 N–H and O–H groups in total. The van der Waals surface area contributed by atoms with Crippen molar-refractivity contribution in [3.05, 3.63) is 28.9 Å². The van der Waals surface area contributed by atoms with Gasteiger partial charge in [0.2, 0.25) is 0 Å². The molecule has 0 atom stereocenters. The van der Waals surface area contributed by atoms with Crippen molar-refractivity contribution in [3.8, 4) is 5.75 Å². The second-order valence-electron chi connectivity index (χ2n) is 3.55. The summed E-state index contributed by atoms with van der Waals surface area (Å²) in [6.45, 7) is 0. The van der Waals surface area contributed by atoms with Crippen LogP contribution in [0.15, 0.2) is 18.3 Å². The fourth-order valence-electron chi connectivity index (χ4n) is 1.71. The van der Waals surface area contributed by atoms with Gasteiger partial charge in [-0.1, -0.05) is 11.6 Å². The minimum absolute atomic E-state index is 0.186. The number of benzene rings is 1.